The molecule has 2 rings (SSSR count). The van der Waals surface area contributed by atoms with Gasteiger partial charge in [0, 0.05) is 0 Å². The van der Waals surface area contributed by atoms with Crippen LogP contribution >= 0.6 is 0 Å². The molecule has 0 radical (unpaired) electrons. The normalized spacial score (nSPS) is 59.8. The first-order chi connectivity index (χ1) is 2.81. The van der Waals surface area contributed by atoms with Crippen LogP contribution in [0.15, 0.2) is 12.2 Å². The van der Waals surface area contributed by atoms with Crippen molar-refractivity contribution in [1.82, 2.24) is 0 Å². The molecule has 0 spiro atoms. The Hall–Kier alpha value is -0.260. The third kappa shape index (κ3) is 0.129. The van der Waals surface area contributed by atoms with Crippen LogP contribution in [0, 0.1) is 11.3 Å². The molecule has 1 saturated carbocycles. The van der Waals surface area contributed by atoms with Crippen molar-refractivity contribution in [3.8, 4) is 0 Å². The number of hydrogen-bond acceptors (Lipinski definition) is 0. The molecule has 2 aliphatic rings. The highest BCUT2D eigenvalue weighted by atomic mass is 14.6. The van der Waals surface area contributed by atoms with Gasteiger partial charge in [0.05, 0.1) is 0 Å². The molecule has 0 N–H and O–H groups in total. The van der Waals surface area contributed by atoms with E-state index in [2.05, 4.69) is 19.1 Å². The zero-order valence-corrected chi connectivity index (χ0v) is 3.94. The molecule has 0 aliphatic heterocycles. The minimum atomic E-state index is 0.708. The molecule has 6 heavy (non-hydrogen) atoms. The van der Waals surface area contributed by atoms with Crippen LogP contribution in [0.4, 0.5) is 0 Å². The second-order valence-electron chi connectivity index (χ2n) is 2.68. The van der Waals surface area contributed by atoms with Crippen molar-refractivity contribution in [2.45, 2.75) is 13.3 Å². The van der Waals surface area contributed by atoms with Crippen molar-refractivity contribution in [1.29, 1.82) is 0 Å². The van der Waals surface area contributed by atoms with Gasteiger partial charge in [-0.3, -0.25) is 0 Å². The van der Waals surface area contributed by atoms with E-state index < -0.39 is 0 Å². The van der Waals surface area contributed by atoms with Gasteiger partial charge in [0.1, 0.15) is 0 Å². The number of allylic oxidation sites excluding steroid dienone is 2. The summed E-state index contributed by atoms with van der Waals surface area (Å²) < 4.78 is 0. The van der Waals surface area contributed by atoms with E-state index in [-0.39, 0.29) is 0 Å². The smallest absolute Gasteiger partial charge is 0.00775 e. The molecule has 0 aromatic heterocycles. The Morgan fingerprint density at radius 1 is 1.83 bits per heavy atom. The average molecular weight is 80.1 g/mol. The van der Waals surface area contributed by atoms with E-state index in [4.69, 9.17) is 0 Å². The Balaban J connectivity index is 2.42. The second kappa shape index (κ2) is 0.481. The topological polar surface area (TPSA) is 0 Å². The molecule has 0 saturated heterocycles. The van der Waals surface area contributed by atoms with Crippen molar-refractivity contribution in [3.63, 3.8) is 0 Å². The number of hydrogen-bond donors (Lipinski definition) is 0. The van der Waals surface area contributed by atoms with Gasteiger partial charge < -0.3 is 0 Å². The molecular weight excluding hydrogens is 72.1 g/mol. The fourth-order valence-electron chi connectivity index (χ4n) is 1.11. The summed E-state index contributed by atoms with van der Waals surface area (Å²) in [5.41, 5.74) is 0.708. The maximum atomic E-state index is 2.32. The van der Waals surface area contributed by atoms with Crippen LogP contribution in [0.5, 0.6) is 0 Å². The summed E-state index contributed by atoms with van der Waals surface area (Å²) in [6.07, 6.45) is 6.06. The van der Waals surface area contributed by atoms with Gasteiger partial charge in [-0.2, -0.15) is 0 Å². The van der Waals surface area contributed by atoms with Crippen molar-refractivity contribution in [2.75, 3.05) is 0 Å². The molecule has 2 atom stereocenters. The molecule has 2 aliphatic carbocycles. The molecule has 32 valence electrons. The molecule has 1 fully saturated rings. The van der Waals surface area contributed by atoms with Gasteiger partial charge in [-0.1, -0.05) is 19.1 Å². The second-order valence-corrected chi connectivity index (χ2v) is 2.68. The van der Waals surface area contributed by atoms with Crippen LogP contribution in [0.2, 0.25) is 0 Å². The van der Waals surface area contributed by atoms with Crippen molar-refractivity contribution in [2.24, 2.45) is 11.3 Å². The van der Waals surface area contributed by atoms with Crippen LogP contribution in [-0.2, 0) is 0 Å². The lowest BCUT2D eigenvalue weighted by Gasteiger charge is -2.07. The standard InChI is InChI=1S/C6H8/c1-6-3-2-5(6)4-6/h2-3,5H,4H2,1H3. The fourth-order valence-corrected chi connectivity index (χ4v) is 1.11. The molecule has 0 aromatic carbocycles. The quantitative estimate of drug-likeness (QED) is 0.387. The van der Waals surface area contributed by atoms with Crippen LogP contribution in [0.1, 0.15) is 13.3 Å². The molecular formula is C6H8. The minimum Gasteiger partial charge on any atom is -0.0840 e. The van der Waals surface area contributed by atoms with Crippen LogP contribution < -0.4 is 0 Å². The van der Waals surface area contributed by atoms with Crippen LogP contribution in [0.3, 0.4) is 0 Å². The molecule has 0 bridgehead atoms. The van der Waals surface area contributed by atoms with Crippen molar-refractivity contribution in [3.05, 3.63) is 12.2 Å². The maximum Gasteiger partial charge on any atom is -0.00775 e. The summed E-state index contributed by atoms with van der Waals surface area (Å²) in [4.78, 5) is 0. The van der Waals surface area contributed by atoms with Gasteiger partial charge in [-0.25, -0.2) is 0 Å². The van der Waals surface area contributed by atoms with Gasteiger partial charge in [-0.05, 0) is 17.8 Å². The summed E-state index contributed by atoms with van der Waals surface area (Å²) in [5.74, 6) is 0.998. The van der Waals surface area contributed by atoms with Crippen molar-refractivity contribution >= 4 is 0 Å². The van der Waals surface area contributed by atoms with E-state index in [1.807, 2.05) is 0 Å². The molecule has 0 heteroatoms. The Bertz CT molecular complexity index is 113. The van der Waals surface area contributed by atoms with Crippen LogP contribution in [-0.4, -0.2) is 0 Å². The number of rotatable bonds is 0. The summed E-state index contributed by atoms with van der Waals surface area (Å²) in [5, 5.41) is 0. The van der Waals surface area contributed by atoms with Gasteiger partial charge in [-0.15, -0.1) is 0 Å². The van der Waals surface area contributed by atoms with E-state index in [9.17, 15) is 0 Å². The summed E-state index contributed by atoms with van der Waals surface area (Å²) >= 11 is 0. The van der Waals surface area contributed by atoms with Crippen LogP contribution in [0.25, 0.3) is 0 Å². The Morgan fingerprint density at radius 3 is 2.50 bits per heavy atom. The first kappa shape index (κ1) is 2.84. The minimum absolute atomic E-state index is 0.708. The number of fused-ring (bicyclic) bond motifs is 1. The Labute approximate surface area is 37.9 Å². The monoisotopic (exact) mass is 80.1 g/mol. The van der Waals surface area contributed by atoms with Gasteiger partial charge in [0.25, 0.3) is 0 Å². The lowest BCUT2D eigenvalue weighted by molar-refractivity contribution is 0.642. The van der Waals surface area contributed by atoms with E-state index in [0.717, 1.165) is 5.92 Å². The van der Waals surface area contributed by atoms with Gasteiger partial charge in [0.15, 0.2) is 0 Å². The summed E-state index contributed by atoms with van der Waals surface area (Å²) in [7, 11) is 0. The van der Waals surface area contributed by atoms with E-state index >= 15 is 0 Å². The zero-order valence-electron chi connectivity index (χ0n) is 3.94. The zero-order chi connectivity index (χ0) is 4.20. The van der Waals surface area contributed by atoms with Crippen molar-refractivity contribution < 1.29 is 0 Å². The third-order valence-corrected chi connectivity index (χ3v) is 2.06. The third-order valence-electron chi connectivity index (χ3n) is 2.06. The molecule has 0 nitrogen and oxygen atoms in total. The Morgan fingerprint density at radius 2 is 2.50 bits per heavy atom. The lowest BCUT2D eigenvalue weighted by Crippen LogP contribution is -1.98. The highest BCUT2D eigenvalue weighted by Crippen LogP contribution is 2.61. The van der Waals surface area contributed by atoms with E-state index in [0.29, 0.717) is 5.41 Å². The van der Waals surface area contributed by atoms with Gasteiger partial charge >= 0.3 is 0 Å². The first-order valence-electron chi connectivity index (χ1n) is 2.51. The highest BCUT2D eigenvalue weighted by Gasteiger charge is 2.51. The summed E-state index contributed by atoms with van der Waals surface area (Å²) in [6.45, 7) is 2.32. The Kier molecular flexibility index (Phi) is 0.228. The summed E-state index contributed by atoms with van der Waals surface area (Å²) in [6, 6.07) is 0. The lowest BCUT2D eigenvalue weighted by atomic mass is 9.97. The predicted molar refractivity (Wildman–Crippen MR) is 25.4 cm³/mol. The average Bonchev–Trinajstić information content (AvgIpc) is 1.88. The molecule has 0 heterocycles. The largest absolute Gasteiger partial charge is 0.0840 e. The predicted octanol–water partition coefficient (Wildman–Crippen LogP) is 1.58. The SMILES string of the molecule is CC12C=CC1C2. The van der Waals surface area contributed by atoms with Gasteiger partial charge in [0.2, 0.25) is 0 Å². The van der Waals surface area contributed by atoms with E-state index in [1.54, 1.807) is 0 Å². The maximum absolute atomic E-state index is 2.32. The molecule has 2 unspecified atom stereocenters. The van der Waals surface area contributed by atoms with E-state index in [1.165, 1.54) is 6.42 Å². The highest BCUT2D eigenvalue weighted by molar-refractivity contribution is 5.29. The first-order valence-corrected chi connectivity index (χ1v) is 2.51. The molecule has 0 amide bonds. The fraction of sp³-hybridized carbons (Fsp3) is 0.667. The molecule has 0 aromatic rings.